The Bertz CT molecular complexity index is 1090. The quantitative estimate of drug-likeness (QED) is 0.408. The molecule has 0 aromatic heterocycles. The van der Waals surface area contributed by atoms with Crippen molar-refractivity contribution >= 4 is 34.8 Å². The number of methoxy groups -OCH3 is 1. The molecule has 0 aliphatic rings. The Balaban J connectivity index is 1.57. The van der Waals surface area contributed by atoms with E-state index in [2.05, 4.69) is 10.6 Å². The number of halogens is 1. The van der Waals surface area contributed by atoms with Crippen molar-refractivity contribution in [2.75, 3.05) is 31.0 Å². The van der Waals surface area contributed by atoms with Gasteiger partial charge in [-0.1, -0.05) is 35.9 Å². The van der Waals surface area contributed by atoms with Gasteiger partial charge in [-0.25, -0.2) is 0 Å². The van der Waals surface area contributed by atoms with Crippen molar-refractivity contribution < 1.29 is 23.8 Å². The van der Waals surface area contributed by atoms with Gasteiger partial charge in [0.25, 0.3) is 11.8 Å². The van der Waals surface area contributed by atoms with E-state index in [-0.39, 0.29) is 11.8 Å². The van der Waals surface area contributed by atoms with Gasteiger partial charge in [0.1, 0.15) is 18.1 Å². The Kier molecular flexibility index (Phi) is 8.69. The van der Waals surface area contributed by atoms with Crippen molar-refractivity contribution in [2.45, 2.75) is 13.0 Å². The highest BCUT2D eigenvalue weighted by Gasteiger charge is 2.17. The third kappa shape index (κ3) is 6.97. The molecule has 1 atom stereocenters. The maximum absolute atomic E-state index is 12.7. The van der Waals surface area contributed by atoms with Crippen molar-refractivity contribution in [1.82, 2.24) is 0 Å². The molecule has 2 amide bonds. The van der Waals surface area contributed by atoms with Crippen LogP contribution in [0.4, 0.5) is 11.4 Å². The Morgan fingerprint density at radius 3 is 2.12 bits per heavy atom. The highest BCUT2D eigenvalue weighted by molar-refractivity contribution is 6.32. The van der Waals surface area contributed by atoms with E-state index in [4.69, 9.17) is 25.8 Å². The Morgan fingerprint density at radius 1 is 0.848 bits per heavy atom. The zero-order chi connectivity index (χ0) is 23.6. The standard InChI is InChI=1S/C25H25ClN2O5/c1-17(33-23-10-6-4-8-21(23)26)24(29)27-18-11-13-19(14-12-18)28-25(30)20-7-3-5-9-22(20)32-16-15-31-2/h3-14,17H,15-16H2,1-2H3,(H,27,29)(H,28,30). The third-order valence-corrected chi connectivity index (χ3v) is 4.91. The van der Waals surface area contributed by atoms with Crippen molar-refractivity contribution in [3.05, 3.63) is 83.4 Å². The van der Waals surface area contributed by atoms with Crippen LogP contribution in [0.25, 0.3) is 0 Å². The molecule has 8 heteroatoms. The second-order valence-electron chi connectivity index (χ2n) is 7.05. The van der Waals surface area contributed by atoms with Crippen LogP contribution in [-0.4, -0.2) is 38.2 Å². The van der Waals surface area contributed by atoms with Gasteiger partial charge in [0.2, 0.25) is 0 Å². The lowest BCUT2D eigenvalue weighted by Crippen LogP contribution is -2.30. The Hall–Kier alpha value is -3.55. The number of hydrogen-bond acceptors (Lipinski definition) is 5. The highest BCUT2D eigenvalue weighted by atomic mass is 35.5. The predicted octanol–water partition coefficient (Wildman–Crippen LogP) is 5.02. The molecule has 3 rings (SSSR count). The normalized spacial score (nSPS) is 11.4. The van der Waals surface area contributed by atoms with Crippen LogP contribution in [-0.2, 0) is 9.53 Å². The molecule has 0 aliphatic heterocycles. The molecule has 33 heavy (non-hydrogen) atoms. The molecule has 2 N–H and O–H groups in total. The molecule has 0 spiro atoms. The van der Waals surface area contributed by atoms with Gasteiger partial charge >= 0.3 is 0 Å². The molecule has 1 unspecified atom stereocenters. The minimum atomic E-state index is -0.751. The lowest BCUT2D eigenvalue weighted by molar-refractivity contribution is -0.122. The number of benzene rings is 3. The molecule has 0 saturated carbocycles. The van der Waals surface area contributed by atoms with Gasteiger partial charge in [0.15, 0.2) is 6.10 Å². The van der Waals surface area contributed by atoms with E-state index in [1.807, 2.05) is 0 Å². The molecular weight excluding hydrogens is 444 g/mol. The minimum absolute atomic E-state index is 0.304. The first-order valence-electron chi connectivity index (χ1n) is 10.3. The second-order valence-corrected chi connectivity index (χ2v) is 7.46. The van der Waals surface area contributed by atoms with Gasteiger partial charge in [-0.15, -0.1) is 0 Å². The molecular formula is C25H25ClN2O5. The van der Waals surface area contributed by atoms with Gasteiger partial charge in [0.05, 0.1) is 17.2 Å². The Labute approximate surface area is 197 Å². The lowest BCUT2D eigenvalue weighted by Gasteiger charge is -2.16. The zero-order valence-electron chi connectivity index (χ0n) is 18.3. The summed E-state index contributed by atoms with van der Waals surface area (Å²) in [4.78, 5) is 25.2. The van der Waals surface area contributed by atoms with Crippen molar-refractivity contribution in [1.29, 1.82) is 0 Å². The van der Waals surface area contributed by atoms with Gasteiger partial charge in [-0.2, -0.15) is 0 Å². The fourth-order valence-corrected chi connectivity index (χ4v) is 3.06. The smallest absolute Gasteiger partial charge is 0.265 e. The number of anilines is 2. The predicted molar refractivity (Wildman–Crippen MR) is 128 cm³/mol. The van der Waals surface area contributed by atoms with E-state index in [0.717, 1.165) is 0 Å². The van der Waals surface area contributed by atoms with Gasteiger partial charge in [-0.05, 0) is 55.5 Å². The number of ether oxygens (including phenoxy) is 3. The molecule has 3 aromatic rings. The Morgan fingerprint density at radius 2 is 1.45 bits per heavy atom. The van der Waals surface area contributed by atoms with Gasteiger partial charge in [-0.3, -0.25) is 9.59 Å². The summed E-state index contributed by atoms with van der Waals surface area (Å²) in [7, 11) is 1.58. The molecule has 0 fully saturated rings. The van der Waals surface area contributed by atoms with Crippen LogP contribution in [0.3, 0.4) is 0 Å². The first kappa shape index (κ1) is 24.1. The SMILES string of the molecule is COCCOc1ccccc1C(=O)Nc1ccc(NC(=O)C(C)Oc2ccccc2Cl)cc1. The molecule has 3 aromatic carbocycles. The number of nitrogens with one attached hydrogen (secondary N) is 2. The maximum Gasteiger partial charge on any atom is 0.265 e. The third-order valence-electron chi connectivity index (χ3n) is 4.60. The first-order valence-corrected chi connectivity index (χ1v) is 10.7. The summed E-state index contributed by atoms with van der Waals surface area (Å²) in [6, 6.07) is 20.7. The average Bonchev–Trinajstić information content (AvgIpc) is 2.82. The maximum atomic E-state index is 12.7. The van der Waals surface area contributed by atoms with E-state index in [9.17, 15) is 9.59 Å². The van der Waals surface area contributed by atoms with Crippen LogP contribution in [0.15, 0.2) is 72.8 Å². The molecule has 0 saturated heterocycles. The zero-order valence-corrected chi connectivity index (χ0v) is 19.1. The van der Waals surface area contributed by atoms with Crippen LogP contribution < -0.4 is 20.1 Å². The summed E-state index contributed by atoms with van der Waals surface area (Å²) in [5.74, 6) is 0.283. The summed E-state index contributed by atoms with van der Waals surface area (Å²) in [6.07, 6.45) is -0.751. The largest absolute Gasteiger partial charge is 0.490 e. The number of para-hydroxylation sites is 2. The fraction of sp³-hybridized carbons (Fsp3) is 0.200. The summed E-state index contributed by atoms with van der Waals surface area (Å²) in [5.41, 5.74) is 1.55. The van der Waals surface area contributed by atoms with Crippen LogP contribution >= 0.6 is 11.6 Å². The summed E-state index contributed by atoms with van der Waals surface area (Å²) >= 11 is 6.07. The van der Waals surface area contributed by atoms with Crippen LogP contribution in [0, 0.1) is 0 Å². The number of hydrogen-bond donors (Lipinski definition) is 2. The van der Waals surface area contributed by atoms with Crippen LogP contribution in [0.5, 0.6) is 11.5 Å². The van der Waals surface area contributed by atoms with E-state index in [0.29, 0.717) is 46.7 Å². The minimum Gasteiger partial charge on any atom is -0.490 e. The number of rotatable bonds is 10. The monoisotopic (exact) mass is 468 g/mol. The summed E-state index contributed by atoms with van der Waals surface area (Å²) in [5, 5.41) is 6.04. The highest BCUT2D eigenvalue weighted by Crippen LogP contribution is 2.25. The lowest BCUT2D eigenvalue weighted by atomic mass is 10.1. The van der Waals surface area contributed by atoms with E-state index < -0.39 is 6.10 Å². The number of carbonyl (C=O) groups excluding carboxylic acids is 2. The summed E-state index contributed by atoms with van der Waals surface area (Å²) in [6.45, 7) is 2.40. The van der Waals surface area contributed by atoms with E-state index in [1.54, 1.807) is 86.8 Å². The molecule has 0 bridgehead atoms. The molecule has 0 aliphatic carbocycles. The molecule has 0 radical (unpaired) electrons. The van der Waals surface area contributed by atoms with E-state index in [1.165, 1.54) is 0 Å². The number of amides is 2. The fourth-order valence-electron chi connectivity index (χ4n) is 2.88. The topological polar surface area (TPSA) is 85.9 Å². The summed E-state index contributed by atoms with van der Waals surface area (Å²) < 4.78 is 16.2. The number of carbonyl (C=O) groups is 2. The molecule has 172 valence electrons. The van der Waals surface area contributed by atoms with Crippen molar-refractivity contribution in [3.8, 4) is 11.5 Å². The molecule has 0 heterocycles. The average molecular weight is 469 g/mol. The van der Waals surface area contributed by atoms with Gasteiger partial charge < -0.3 is 24.8 Å². The van der Waals surface area contributed by atoms with Crippen molar-refractivity contribution in [2.24, 2.45) is 0 Å². The van der Waals surface area contributed by atoms with Crippen LogP contribution in [0.2, 0.25) is 5.02 Å². The van der Waals surface area contributed by atoms with Crippen LogP contribution in [0.1, 0.15) is 17.3 Å². The second kappa shape index (κ2) is 11.9. The first-order chi connectivity index (χ1) is 16.0. The van der Waals surface area contributed by atoms with Gasteiger partial charge in [0, 0.05) is 18.5 Å². The molecule has 7 nitrogen and oxygen atoms in total. The van der Waals surface area contributed by atoms with E-state index >= 15 is 0 Å². The van der Waals surface area contributed by atoms with Crippen molar-refractivity contribution in [3.63, 3.8) is 0 Å².